The Morgan fingerprint density at radius 2 is 1.58 bits per heavy atom. The molecule has 24 heavy (non-hydrogen) atoms. The van der Waals surface area contributed by atoms with Crippen molar-refractivity contribution in [2.45, 2.75) is 4.90 Å². The molecule has 0 atom stereocenters. The van der Waals surface area contributed by atoms with Gasteiger partial charge in [0.15, 0.2) is 0 Å². The van der Waals surface area contributed by atoms with Crippen molar-refractivity contribution in [1.82, 2.24) is 0 Å². The van der Waals surface area contributed by atoms with E-state index in [1.165, 1.54) is 30.3 Å². The summed E-state index contributed by atoms with van der Waals surface area (Å²) in [6, 6.07) is 14.6. The first-order valence-electron chi connectivity index (χ1n) is 6.38. The molecule has 0 aliphatic heterocycles. The van der Waals surface area contributed by atoms with Crippen molar-refractivity contribution in [2.24, 2.45) is 0 Å². The third-order valence-corrected chi connectivity index (χ3v) is 5.90. The fourth-order valence-electron chi connectivity index (χ4n) is 1.80. The molecule has 0 fully saturated rings. The van der Waals surface area contributed by atoms with Gasteiger partial charge in [0.25, 0.3) is 0 Å². The lowest BCUT2D eigenvalue weighted by molar-refractivity contribution is 0.485. The van der Waals surface area contributed by atoms with Gasteiger partial charge in [-0.3, -0.25) is 0 Å². The first kappa shape index (κ1) is 18.2. The second-order valence-electron chi connectivity index (χ2n) is 4.45. The van der Waals surface area contributed by atoms with E-state index < -0.39 is 10.1 Å². The van der Waals surface area contributed by atoms with Crippen LogP contribution in [0.2, 0.25) is 0 Å². The molecule has 0 bridgehead atoms. The second-order valence-corrected chi connectivity index (χ2v) is 7.64. The maximum Gasteiger partial charge on any atom is 0.341 e. The molecule has 0 N–H and O–H groups in total. The molecule has 0 aliphatic carbocycles. The monoisotopic (exact) mass is 466 g/mol. The lowest BCUT2D eigenvalue weighted by Crippen LogP contribution is -2.11. The van der Waals surface area contributed by atoms with Gasteiger partial charge in [-0.25, -0.2) is 0 Å². The van der Waals surface area contributed by atoms with Gasteiger partial charge in [0.2, 0.25) is 0 Å². The maximum absolute atomic E-state index is 12.5. The van der Waals surface area contributed by atoms with Crippen LogP contribution < -0.4 is 4.18 Å². The van der Waals surface area contributed by atoms with Crippen molar-refractivity contribution in [3.05, 3.63) is 62.5 Å². The van der Waals surface area contributed by atoms with Gasteiger partial charge in [0, 0.05) is 8.95 Å². The summed E-state index contributed by atoms with van der Waals surface area (Å²) in [5.41, 5.74) is 0.399. The van der Waals surface area contributed by atoms with Crippen LogP contribution >= 0.6 is 31.9 Å². The summed E-state index contributed by atoms with van der Waals surface area (Å²) < 4.78 is 30.6. The highest BCUT2D eigenvalue weighted by Gasteiger charge is 2.24. The number of halogens is 2. The summed E-state index contributed by atoms with van der Waals surface area (Å²) in [5.74, 6) is 0.191. The van der Waals surface area contributed by atoms with E-state index in [1.807, 2.05) is 0 Å². The van der Waals surface area contributed by atoms with Crippen molar-refractivity contribution < 1.29 is 12.6 Å². The molecule has 2 aromatic carbocycles. The maximum atomic E-state index is 12.5. The second kappa shape index (κ2) is 7.63. The van der Waals surface area contributed by atoms with Gasteiger partial charge in [-0.2, -0.15) is 18.9 Å². The zero-order chi connectivity index (χ0) is 17.7. The van der Waals surface area contributed by atoms with E-state index in [0.29, 0.717) is 5.56 Å². The van der Waals surface area contributed by atoms with E-state index in [2.05, 4.69) is 31.9 Å². The Kier molecular flexibility index (Phi) is 5.79. The first-order chi connectivity index (χ1) is 11.4. The quantitative estimate of drug-likeness (QED) is 0.490. The Morgan fingerprint density at radius 3 is 2.08 bits per heavy atom. The molecule has 0 aliphatic rings. The molecule has 5 nitrogen and oxygen atoms in total. The van der Waals surface area contributed by atoms with Crippen LogP contribution in [0, 0.1) is 22.7 Å². The average molecular weight is 468 g/mol. The van der Waals surface area contributed by atoms with Crippen molar-refractivity contribution in [1.29, 1.82) is 10.5 Å². The number of benzene rings is 2. The summed E-state index contributed by atoms with van der Waals surface area (Å²) in [7, 11) is -4.08. The largest absolute Gasteiger partial charge is 0.379 e. The van der Waals surface area contributed by atoms with Gasteiger partial charge in [-0.05, 0) is 67.8 Å². The van der Waals surface area contributed by atoms with Gasteiger partial charge in [0.1, 0.15) is 28.4 Å². The van der Waals surface area contributed by atoms with Crippen LogP contribution in [-0.4, -0.2) is 8.42 Å². The zero-order valence-electron chi connectivity index (χ0n) is 11.9. The molecular formula is C16H8Br2N2O3S. The number of nitriles is 2. The SMILES string of the molecule is N#CC(C#N)=Cc1cc(Br)c(S(=O)(=O)Oc2ccccc2)c(Br)c1. The number of hydrogen-bond acceptors (Lipinski definition) is 5. The molecule has 0 unspecified atom stereocenters. The average Bonchev–Trinajstić information content (AvgIpc) is 2.52. The van der Waals surface area contributed by atoms with Crippen molar-refractivity contribution in [2.75, 3.05) is 0 Å². The standard InChI is InChI=1S/C16H8Br2N2O3S/c17-14-7-11(6-12(9-19)10-20)8-15(18)16(14)24(21,22)23-13-4-2-1-3-5-13/h1-8H. The third-order valence-electron chi connectivity index (χ3n) is 2.77. The van der Waals surface area contributed by atoms with E-state index in [4.69, 9.17) is 14.7 Å². The Hall–Kier alpha value is -2.13. The summed E-state index contributed by atoms with van der Waals surface area (Å²) >= 11 is 6.39. The smallest absolute Gasteiger partial charge is 0.341 e. The van der Waals surface area contributed by atoms with Crippen LogP contribution in [0.5, 0.6) is 5.75 Å². The molecule has 0 saturated heterocycles. The summed E-state index contributed by atoms with van der Waals surface area (Å²) in [6.07, 6.45) is 1.35. The molecule has 0 spiro atoms. The molecular weight excluding hydrogens is 460 g/mol. The van der Waals surface area contributed by atoms with Crippen LogP contribution in [0.4, 0.5) is 0 Å². The Morgan fingerprint density at radius 1 is 1.04 bits per heavy atom. The molecule has 0 amide bonds. The lowest BCUT2D eigenvalue weighted by atomic mass is 10.1. The van der Waals surface area contributed by atoms with Crippen LogP contribution in [-0.2, 0) is 10.1 Å². The highest BCUT2D eigenvalue weighted by atomic mass is 79.9. The Bertz CT molecular complexity index is 949. The topological polar surface area (TPSA) is 91.0 Å². The molecule has 0 saturated carbocycles. The normalized spacial score (nSPS) is 10.3. The van der Waals surface area contributed by atoms with Crippen LogP contribution in [0.3, 0.4) is 0 Å². The fraction of sp³-hybridized carbons (Fsp3) is 0. The Labute approximate surface area is 156 Å². The number of para-hydroxylation sites is 1. The highest BCUT2D eigenvalue weighted by Crippen LogP contribution is 2.34. The number of nitrogens with zero attached hydrogens (tertiary/aromatic N) is 2. The summed E-state index contributed by atoms with van der Waals surface area (Å²) in [4.78, 5) is -0.0843. The lowest BCUT2D eigenvalue weighted by Gasteiger charge is -2.11. The van der Waals surface area contributed by atoms with Crippen LogP contribution in [0.15, 0.2) is 61.9 Å². The predicted octanol–water partition coefficient (Wildman–Crippen LogP) is 4.41. The minimum atomic E-state index is -4.08. The highest BCUT2D eigenvalue weighted by molar-refractivity contribution is 9.11. The van der Waals surface area contributed by atoms with Gasteiger partial charge in [0.05, 0.1) is 0 Å². The summed E-state index contributed by atoms with van der Waals surface area (Å²) in [6.45, 7) is 0. The minimum Gasteiger partial charge on any atom is -0.379 e. The Balaban J connectivity index is 2.47. The third kappa shape index (κ3) is 4.24. The van der Waals surface area contributed by atoms with Crippen molar-refractivity contribution in [3.63, 3.8) is 0 Å². The predicted molar refractivity (Wildman–Crippen MR) is 95.3 cm³/mol. The van der Waals surface area contributed by atoms with Gasteiger partial charge in [-0.15, -0.1) is 0 Å². The number of allylic oxidation sites excluding steroid dienone is 1. The number of hydrogen-bond donors (Lipinski definition) is 0. The van der Waals surface area contributed by atoms with Crippen LogP contribution in [0.25, 0.3) is 6.08 Å². The van der Waals surface area contributed by atoms with Gasteiger partial charge < -0.3 is 4.18 Å². The molecule has 0 heterocycles. The van der Waals surface area contributed by atoms with E-state index in [9.17, 15) is 8.42 Å². The van der Waals surface area contributed by atoms with E-state index in [-0.39, 0.29) is 25.2 Å². The van der Waals surface area contributed by atoms with Crippen molar-refractivity contribution in [3.8, 4) is 17.9 Å². The zero-order valence-corrected chi connectivity index (χ0v) is 15.9. The molecule has 8 heteroatoms. The van der Waals surface area contributed by atoms with Crippen LogP contribution in [0.1, 0.15) is 5.56 Å². The fourth-order valence-corrected chi connectivity index (χ4v) is 5.26. The van der Waals surface area contributed by atoms with E-state index in [1.54, 1.807) is 30.3 Å². The molecule has 0 aromatic heterocycles. The summed E-state index contributed by atoms with van der Waals surface area (Å²) in [5, 5.41) is 17.6. The van der Waals surface area contributed by atoms with Crippen molar-refractivity contribution >= 4 is 48.1 Å². The van der Waals surface area contributed by atoms with Gasteiger partial charge in [-0.1, -0.05) is 18.2 Å². The molecule has 2 aromatic rings. The molecule has 0 radical (unpaired) electrons. The van der Waals surface area contributed by atoms with Gasteiger partial charge >= 0.3 is 10.1 Å². The molecule has 2 rings (SSSR count). The first-order valence-corrected chi connectivity index (χ1v) is 9.37. The van der Waals surface area contributed by atoms with E-state index in [0.717, 1.165) is 0 Å². The molecule has 120 valence electrons. The number of rotatable bonds is 4. The van der Waals surface area contributed by atoms with E-state index >= 15 is 0 Å². The minimum absolute atomic E-state index is 0.0843.